The van der Waals surface area contributed by atoms with Crippen molar-refractivity contribution in [2.24, 2.45) is 0 Å². The summed E-state index contributed by atoms with van der Waals surface area (Å²) in [6.45, 7) is 0.707. The second kappa shape index (κ2) is 7.14. The molecule has 0 atom stereocenters. The summed E-state index contributed by atoms with van der Waals surface area (Å²) >= 11 is 0. The van der Waals surface area contributed by atoms with Gasteiger partial charge >= 0.3 is 7.12 Å². The Balaban J connectivity index is 2.20. The quantitative estimate of drug-likeness (QED) is 0.658. The van der Waals surface area contributed by atoms with Gasteiger partial charge in [-0.3, -0.25) is 4.72 Å². The first-order valence-electron chi connectivity index (χ1n) is 7.00. The number of nitrogens with zero attached hydrogens (tertiary/aromatic N) is 1. The van der Waals surface area contributed by atoms with Gasteiger partial charge in [0.25, 0.3) is 10.0 Å². The number of rotatable bonds is 6. The van der Waals surface area contributed by atoms with Crippen LogP contribution in [0.25, 0.3) is 0 Å². The molecule has 2 aromatic rings. The van der Waals surface area contributed by atoms with Crippen molar-refractivity contribution in [1.29, 1.82) is 0 Å². The second-order valence-corrected chi connectivity index (χ2v) is 7.17. The molecule has 0 aliphatic heterocycles. The standard InChI is InChI=1S/C15H19BN2O4S/c1-18(2)11-12-4-3-5-14(10-12)17-23(21,22)15-8-6-13(7-9-15)16(19)20/h3-10,17,19-20H,11H2,1-2H3. The monoisotopic (exact) mass is 334 g/mol. The second-order valence-electron chi connectivity index (χ2n) is 5.49. The Bertz CT molecular complexity index is 761. The van der Waals surface area contributed by atoms with E-state index in [9.17, 15) is 8.42 Å². The maximum atomic E-state index is 12.4. The molecule has 0 aromatic heterocycles. The highest BCUT2D eigenvalue weighted by molar-refractivity contribution is 7.92. The normalized spacial score (nSPS) is 11.5. The van der Waals surface area contributed by atoms with Gasteiger partial charge in [-0.1, -0.05) is 24.3 Å². The number of hydrogen-bond donors (Lipinski definition) is 3. The van der Waals surface area contributed by atoms with Gasteiger partial charge in [0, 0.05) is 12.2 Å². The summed E-state index contributed by atoms with van der Waals surface area (Å²) in [6.07, 6.45) is 0. The third kappa shape index (κ3) is 4.80. The number of sulfonamides is 1. The first kappa shape index (κ1) is 17.5. The van der Waals surface area contributed by atoms with E-state index in [2.05, 4.69) is 4.72 Å². The van der Waals surface area contributed by atoms with Crippen molar-refractivity contribution >= 4 is 28.3 Å². The maximum Gasteiger partial charge on any atom is 0.488 e. The van der Waals surface area contributed by atoms with Crippen molar-refractivity contribution in [2.75, 3.05) is 18.8 Å². The van der Waals surface area contributed by atoms with Crippen LogP contribution in [0.3, 0.4) is 0 Å². The van der Waals surface area contributed by atoms with Crippen LogP contribution < -0.4 is 10.2 Å². The smallest absolute Gasteiger partial charge is 0.423 e. The minimum Gasteiger partial charge on any atom is -0.423 e. The summed E-state index contributed by atoms with van der Waals surface area (Å²) < 4.78 is 27.3. The third-order valence-corrected chi connectivity index (χ3v) is 4.56. The molecule has 0 unspecified atom stereocenters. The van der Waals surface area contributed by atoms with Crippen molar-refractivity contribution in [3.8, 4) is 0 Å². The molecule has 0 heterocycles. The zero-order valence-electron chi connectivity index (χ0n) is 13.0. The minimum atomic E-state index is -3.73. The van der Waals surface area contributed by atoms with Crippen LogP contribution in [0, 0.1) is 0 Å². The van der Waals surface area contributed by atoms with Crippen LogP contribution in [0.2, 0.25) is 0 Å². The molecule has 0 aliphatic carbocycles. The van der Waals surface area contributed by atoms with Gasteiger partial charge in [-0.05, 0) is 49.4 Å². The van der Waals surface area contributed by atoms with Gasteiger partial charge in [-0.2, -0.15) is 0 Å². The van der Waals surface area contributed by atoms with Gasteiger partial charge in [0.15, 0.2) is 0 Å². The lowest BCUT2D eigenvalue weighted by Crippen LogP contribution is -2.29. The zero-order chi connectivity index (χ0) is 17.0. The van der Waals surface area contributed by atoms with E-state index >= 15 is 0 Å². The first-order valence-corrected chi connectivity index (χ1v) is 8.49. The van der Waals surface area contributed by atoms with E-state index in [0.717, 1.165) is 5.56 Å². The van der Waals surface area contributed by atoms with E-state index in [1.54, 1.807) is 18.2 Å². The van der Waals surface area contributed by atoms with Crippen LogP contribution in [0.5, 0.6) is 0 Å². The van der Waals surface area contributed by atoms with E-state index in [0.29, 0.717) is 12.2 Å². The summed E-state index contributed by atoms with van der Waals surface area (Å²) in [6, 6.07) is 12.6. The molecule has 0 aliphatic rings. The molecule has 0 amide bonds. The average Bonchev–Trinajstić information content (AvgIpc) is 2.46. The molecule has 0 bridgehead atoms. The van der Waals surface area contributed by atoms with E-state index < -0.39 is 17.1 Å². The molecule has 8 heteroatoms. The molecule has 3 N–H and O–H groups in total. The van der Waals surface area contributed by atoms with Gasteiger partial charge in [-0.15, -0.1) is 0 Å². The van der Waals surface area contributed by atoms with Crippen molar-refractivity contribution in [3.05, 3.63) is 54.1 Å². The lowest BCUT2D eigenvalue weighted by molar-refractivity contribution is 0.402. The van der Waals surface area contributed by atoms with Crippen LogP contribution in [-0.2, 0) is 16.6 Å². The predicted molar refractivity (Wildman–Crippen MR) is 90.9 cm³/mol. The lowest BCUT2D eigenvalue weighted by atomic mass is 9.81. The van der Waals surface area contributed by atoms with E-state index in [1.165, 1.54) is 24.3 Å². The Morgan fingerprint density at radius 3 is 2.30 bits per heavy atom. The van der Waals surface area contributed by atoms with Crippen molar-refractivity contribution < 1.29 is 18.5 Å². The number of hydrogen-bond acceptors (Lipinski definition) is 5. The van der Waals surface area contributed by atoms with Crippen LogP contribution in [0.1, 0.15) is 5.56 Å². The number of nitrogens with one attached hydrogen (secondary N) is 1. The Kier molecular flexibility index (Phi) is 5.43. The summed E-state index contributed by atoms with van der Waals surface area (Å²) in [7, 11) is -1.47. The predicted octanol–water partition coefficient (Wildman–Crippen LogP) is 0.229. The largest absolute Gasteiger partial charge is 0.488 e. The minimum absolute atomic E-state index is 0.0555. The molecule has 122 valence electrons. The molecule has 0 spiro atoms. The Morgan fingerprint density at radius 2 is 1.74 bits per heavy atom. The van der Waals surface area contributed by atoms with Crippen LogP contribution >= 0.6 is 0 Å². The summed E-state index contributed by atoms with van der Waals surface area (Å²) in [5.41, 5.74) is 1.71. The van der Waals surface area contributed by atoms with E-state index in [-0.39, 0.29) is 10.4 Å². The highest BCUT2D eigenvalue weighted by atomic mass is 32.2. The molecule has 0 saturated carbocycles. The molecule has 0 fully saturated rings. The molecule has 0 radical (unpaired) electrons. The molecule has 0 saturated heterocycles. The van der Waals surface area contributed by atoms with Crippen LogP contribution in [-0.4, -0.2) is 44.6 Å². The van der Waals surface area contributed by atoms with Crippen molar-refractivity contribution in [2.45, 2.75) is 11.4 Å². The van der Waals surface area contributed by atoms with E-state index in [1.807, 2.05) is 25.1 Å². The van der Waals surface area contributed by atoms with Gasteiger partial charge in [0.2, 0.25) is 0 Å². The van der Waals surface area contributed by atoms with Gasteiger partial charge < -0.3 is 14.9 Å². The first-order chi connectivity index (χ1) is 10.8. The highest BCUT2D eigenvalue weighted by Gasteiger charge is 2.16. The fraction of sp³-hybridized carbons (Fsp3) is 0.200. The van der Waals surface area contributed by atoms with Gasteiger partial charge in [0.1, 0.15) is 0 Å². The van der Waals surface area contributed by atoms with Gasteiger partial charge in [-0.25, -0.2) is 8.42 Å². The number of benzene rings is 2. The molecule has 6 nitrogen and oxygen atoms in total. The Hall–Kier alpha value is -1.87. The fourth-order valence-corrected chi connectivity index (χ4v) is 3.18. The molecule has 23 heavy (non-hydrogen) atoms. The summed E-state index contributed by atoms with van der Waals surface area (Å²) in [4.78, 5) is 2.05. The third-order valence-electron chi connectivity index (χ3n) is 3.17. The lowest BCUT2D eigenvalue weighted by Gasteiger charge is -2.12. The topological polar surface area (TPSA) is 89.9 Å². The molecular formula is C15H19BN2O4S. The highest BCUT2D eigenvalue weighted by Crippen LogP contribution is 2.17. The van der Waals surface area contributed by atoms with Crippen LogP contribution in [0.4, 0.5) is 5.69 Å². The average molecular weight is 334 g/mol. The maximum absolute atomic E-state index is 12.4. The van der Waals surface area contributed by atoms with E-state index in [4.69, 9.17) is 10.0 Å². The van der Waals surface area contributed by atoms with Crippen LogP contribution in [0.15, 0.2) is 53.4 Å². The molecule has 2 aromatic carbocycles. The fourth-order valence-electron chi connectivity index (χ4n) is 2.13. The van der Waals surface area contributed by atoms with Gasteiger partial charge in [0.05, 0.1) is 4.90 Å². The SMILES string of the molecule is CN(C)Cc1cccc(NS(=O)(=O)c2ccc(B(O)O)cc2)c1. The molecule has 2 rings (SSSR count). The van der Waals surface area contributed by atoms with Crippen molar-refractivity contribution in [3.63, 3.8) is 0 Å². The summed E-state index contributed by atoms with van der Waals surface area (Å²) in [5.74, 6) is 0. The zero-order valence-corrected chi connectivity index (χ0v) is 13.8. The Labute approximate surface area is 136 Å². The summed E-state index contributed by atoms with van der Waals surface area (Å²) in [5, 5.41) is 18.1. The number of anilines is 1. The molecular weight excluding hydrogens is 315 g/mol. The Morgan fingerprint density at radius 1 is 1.09 bits per heavy atom. The van der Waals surface area contributed by atoms with Crippen molar-refractivity contribution in [1.82, 2.24) is 4.90 Å².